The number of nitrogens with one attached hydrogen (secondary N) is 4. The fourth-order valence-corrected chi connectivity index (χ4v) is 2.34. The Bertz CT molecular complexity index is 639. The monoisotopic (exact) mass is 360 g/mol. The van der Waals surface area contributed by atoms with Gasteiger partial charge in [-0.25, -0.2) is 4.79 Å². The third kappa shape index (κ3) is 6.38. The highest BCUT2D eigenvalue weighted by Crippen LogP contribution is 2.30. The van der Waals surface area contributed by atoms with Crippen LogP contribution in [0.2, 0.25) is 0 Å². The van der Waals surface area contributed by atoms with E-state index in [1.807, 2.05) is 45.0 Å². The number of carbonyl (C=O) groups is 3. The lowest BCUT2D eigenvalue weighted by molar-refractivity contribution is -0.124. The molecule has 1 aromatic carbocycles. The molecule has 1 atom stereocenters. The Hall–Kier alpha value is -2.57. The lowest BCUT2D eigenvalue weighted by atomic mass is 10.1. The van der Waals surface area contributed by atoms with Crippen LogP contribution in [0.25, 0.3) is 0 Å². The summed E-state index contributed by atoms with van der Waals surface area (Å²) in [6.45, 7) is 6.29. The van der Waals surface area contributed by atoms with Crippen LogP contribution in [-0.2, 0) is 9.59 Å². The molecule has 1 aromatic rings. The Balaban J connectivity index is 1.70. The van der Waals surface area contributed by atoms with Gasteiger partial charge >= 0.3 is 6.03 Å². The quantitative estimate of drug-likeness (QED) is 0.535. The summed E-state index contributed by atoms with van der Waals surface area (Å²) in [5.74, 6) is 0.146. The number of hydrogen-bond donors (Lipinski definition) is 4. The Labute approximate surface area is 154 Å². The van der Waals surface area contributed by atoms with E-state index in [1.54, 1.807) is 0 Å². The maximum absolute atomic E-state index is 11.9. The fraction of sp³-hybridized carbons (Fsp3) is 0.526. The van der Waals surface area contributed by atoms with Gasteiger partial charge in [0.2, 0.25) is 11.8 Å². The number of urea groups is 1. The maximum atomic E-state index is 11.9. The lowest BCUT2D eigenvalue weighted by Crippen LogP contribution is -2.41. The Morgan fingerprint density at radius 3 is 2.19 bits per heavy atom. The van der Waals surface area contributed by atoms with Gasteiger partial charge < -0.3 is 21.3 Å². The summed E-state index contributed by atoms with van der Waals surface area (Å²) in [6.07, 6.45) is 1.95. The first-order valence-electron chi connectivity index (χ1n) is 9.09. The van der Waals surface area contributed by atoms with Crippen LogP contribution in [-0.4, -0.2) is 30.9 Å². The van der Waals surface area contributed by atoms with Crippen LogP contribution < -0.4 is 21.3 Å². The smallest absolute Gasteiger partial charge is 0.315 e. The van der Waals surface area contributed by atoms with Crippen LogP contribution in [0, 0.1) is 11.8 Å². The molecule has 0 aliphatic heterocycles. The predicted molar refractivity (Wildman–Crippen MR) is 101 cm³/mol. The standard InChI is InChI=1S/C19H28N4O3/c1-12(2)17(24)20-10-11-21-19(26)22-13(3)14-6-8-16(9-7-14)23-18(25)15-4-5-15/h6-9,12-13,15H,4-5,10-11H2,1-3H3,(H,20,24)(H,23,25)(H2,21,22,26). The molecule has 0 saturated heterocycles. The van der Waals surface area contributed by atoms with E-state index in [-0.39, 0.29) is 35.7 Å². The van der Waals surface area contributed by atoms with Crippen LogP contribution in [0.15, 0.2) is 24.3 Å². The molecule has 142 valence electrons. The van der Waals surface area contributed by atoms with E-state index in [2.05, 4.69) is 21.3 Å². The van der Waals surface area contributed by atoms with E-state index in [0.717, 1.165) is 24.1 Å². The van der Waals surface area contributed by atoms with Gasteiger partial charge in [0.1, 0.15) is 0 Å². The van der Waals surface area contributed by atoms with Crippen LogP contribution in [0.5, 0.6) is 0 Å². The Morgan fingerprint density at radius 2 is 1.62 bits per heavy atom. The molecule has 0 radical (unpaired) electrons. The molecule has 4 amide bonds. The van der Waals surface area contributed by atoms with Crippen molar-refractivity contribution < 1.29 is 14.4 Å². The Kier molecular flexibility index (Phi) is 7.00. The number of carbonyl (C=O) groups excluding carboxylic acids is 3. The second-order valence-corrected chi connectivity index (χ2v) is 6.95. The summed E-state index contributed by atoms with van der Waals surface area (Å²) in [6, 6.07) is 6.99. The summed E-state index contributed by atoms with van der Waals surface area (Å²) in [5.41, 5.74) is 1.71. The molecule has 1 aliphatic carbocycles. The molecule has 4 N–H and O–H groups in total. The van der Waals surface area contributed by atoms with Crippen molar-refractivity contribution in [3.63, 3.8) is 0 Å². The molecule has 7 heteroatoms. The van der Waals surface area contributed by atoms with Crippen molar-refractivity contribution in [1.29, 1.82) is 0 Å². The first-order valence-corrected chi connectivity index (χ1v) is 9.09. The van der Waals surface area contributed by atoms with Crippen molar-refractivity contribution >= 4 is 23.5 Å². The van der Waals surface area contributed by atoms with E-state index in [1.165, 1.54) is 0 Å². The summed E-state index contributed by atoms with van der Waals surface area (Å²) in [7, 11) is 0. The molecule has 1 unspecified atom stereocenters. The number of hydrogen-bond acceptors (Lipinski definition) is 3. The highest BCUT2D eigenvalue weighted by Gasteiger charge is 2.29. The zero-order chi connectivity index (χ0) is 19.1. The summed E-state index contributed by atoms with van der Waals surface area (Å²) in [5, 5.41) is 11.2. The van der Waals surface area contributed by atoms with Gasteiger partial charge in [-0.3, -0.25) is 9.59 Å². The molecular formula is C19H28N4O3. The van der Waals surface area contributed by atoms with Crippen molar-refractivity contribution in [2.45, 2.75) is 39.7 Å². The van der Waals surface area contributed by atoms with E-state index in [9.17, 15) is 14.4 Å². The lowest BCUT2D eigenvalue weighted by Gasteiger charge is -2.16. The van der Waals surface area contributed by atoms with Crippen molar-refractivity contribution in [3.05, 3.63) is 29.8 Å². The van der Waals surface area contributed by atoms with Gasteiger partial charge in [0.05, 0.1) is 6.04 Å². The number of rotatable bonds is 8. The molecule has 0 spiro atoms. The normalized spacial score (nSPS) is 14.5. The summed E-state index contributed by atoms with van der Waals surface area (Å²) in [4.78, 5) is 35.1. The molecule has 26 heavy (non-hydrogen) atoms. The molecular weight excluding hydrogens is 332 g/mol. The number of amides is 4. The van der Waals surface area contributed by atoms with Crippen molar-refractivity contribution in [1.82, 2.24) is 16.0 Å². The second-order valence-electron chi connectivity index (χ2n) is 6.95. The average Bonchev–Trinajstić information content (AvgIpc) is 3.44. The van der Waals surface area contributed by atoms with E-state index < -0.39 is 0 Å². The van der Waals surface area contributed by atoms with E-state index in [4.69, 9.17) is 0 Å². The zero-order valence-electron chi connectivity index (χ0n) is 15.6. The predicted octanol–water partition coefficient (Wildman–Crippen LogP) is 2.17. The van der Waals surface area contributed by atoms with Gasteiger partial charge in [-0.2, -0.15) is 0 Å². The van der Waals surface area contributed by atoms with Gasteiger partial charge in [-0.15, -0.1) is 0 Å². The summed E-state index contributed by atoms with van der Waals surface area (Å²) < 4.78 is 0. The molecule has 1 aliphatic rings. The van der Waals surface area contributed by atoms with Crippen molar-refractivity contribution in [2.24, 2.45) is 11.8 Å². The highest BCUT2D eigenvalue weighted by atomic mass is 16.2. The van der Waals surface area contributed by atoms with Crippen LogP contribution in [0.1, 0.15) is 45.2 Å². The first kappa shape index (κ1) is 19.8. The van der Waals surface area contributed by atoms with Gasteiger partial charge in [-0.05, 0) is 37.5 Å². The molecule has 1 saturated carbocycles. The van der Waals surface area contributed by atoms with Crippen molar-refractivity contribution in [2.75, 3.05) is 18.4 Å². The molecule has 0 heterocycles. The molecule has 2 rings (SSSR count). The third-order valence-electron chi connectivity index (χ3n) is 4.21. The minimum Gasteiger partial charge on any atom is -0.354 e. The molecule has 0 bridgehead atoms. The SMILES string of the molecule is CC(C)C(=O)NCCNC(=O)NC(C)c1ccc(NC(=O)C2CC2)cc1. The Morgan fingerprint density at radius 1 is 1.00 bits per heavy atom. The van der Waals surface area contributed by atoms with Crippen LogP contribution >= 0.6 is 0 Å². The minimum atomic E-state index is -0.289. The second kappa shape index (κ2) is 9.22. The minimum absolute atomic E-state index is 0.0329. The number of anilines is 1. The first-order chi connectivity index (χ1) is 12.4. The zero-order valence-corrected chi connectivity index (χ0v) is 15.6. The molecule has 0 aromatic heterocycles. The molecule has 7 nitrogen and oxygen atoms in total. The van der Waals surface area contributed by atoms with Gasteiger partial charge in [0.25, 0.3) is 0 Å². The third-order valence-corrected chi connectivity index (χ3v) is 4.21. The van der Waals surface area contributed by atoms with Gasteiger partial charge in [-0.1, -0.05) is 26.0 Å². The highest BCUT2D eigenvalue weighted by molar-refractivity contribution is 5.94. The van der Waals surface area contributed by atoms with Crippen LogP contribution in [0.3, 0.4) is 0 Å². The van der Waals surface area contributed by atoms with Gasteiger partial charge in [0, 0.05) is 30.6 Å². The topological polar surface area (TPSA) is 99.3 Å². The average molecular weight is 360 g/mol. The van der Waals surface area contributed by atoms with Crippen molar-refractivity contribution in [3.8, 4) is 0 Å². The van der Waals surface area contributed by atoms with E-state index >= 15 is 0 Å². The van der Waals surface area contributed by atoms with E-state index in [0.29, 0.717) is 13.1 Å². The fourth-order valence-electron chi connectivity index (χ4n) is 2.34. The number of benzene rings is 1. The van der Waals surface area contributed by atoms with Crippen LogP contribution in [0.4, 0.5) is 10.5 Å². The summed E-state index contributed by atoms with van der Waals surface area (Å²) >= 11 is 0. The molecule has 1 fully saturated rings. The van der Waals surface area contributed by atoms with Gasteiger partial charge in [0.15, 0.2) is 0 Å². The maximum Gasteiger partial charge on any atom is 0.315 e. The largest absolute Gasteiger partial charge is 0.354 e.